The second-order valence-corrected chi connectivity index (χ2v) is 10.5. The monoisotopic (exact) mass is 492 g/mol. The van der Waals surface area contributed by atoms with Gasteiger partial charge >= 0.3 is 6.03 Å². The number of rotatable bonds is 13. The molecule has 33 heavy (non-hydrogen) atoms. The predicted octanol–water partition coefficient (Wildman–Crippen LogP) is 6.04. The molecule has 3 rings (SSSR count). The van der Waals surface area contributed by atoms with Crippen LogP contribution in [0.5, 0.6) is 0 Å². The molecule has 6 nitrogen and oxygen atoms in total. The molecule has 0 aromatic heterocycles. The zero-order valence-corrected chi connectivity index (χ0v) is 21.5. The van der Waals surface area contributed by atoms with E-state index >= 15 is 0 Å². The second-order valence-electron chi connectivity index (χ2n) is 8.96. The summed E-state index contributed by atoms with van der Waals surface area (Å²) in [6.45, 7) is 2.81. The van der Waals surface area contributed by atoms with E-state index in [2.05, 4.69) is 12.2 Å². The first-order valence-electron chi connectivity index (χ1n) is 12.3. The Morgan fingerprint density at radius 3 is 2.21 bits per heavy atom. The third kappa shape index (κ3) is 7.38. The maximum atomic E-state index is 12.7. The maximum absolute atomic E-state index is 12.7. The predicted molar refractivity (Wildman–Crippen MR) is 138 cm³/mol. The summed E-state index contributed by atoms with van der Waals surface area (Å²) in [5.74, 6) is 0.681. The van der Waals surface area contributed by atoms with Gasteiger partial charge in [-0.3, -0.25) is 10.1 Å². The first kappa shape index (κ1) is 25.9. The van der Waals surface area contributed by atoms with E-state index in [9.17, 15) is 9.59 Å². The van der Waals surface area contributed by atoms with Gasteiger partial charge in [-0.1, -0.05) is 100 Å². The lowest BCUT2D eigenvalue weighted by Gasteiger charge is -2.36. The highest BCUT2D eigenvalue weighted by Gasteiger charge is 2.48. The molecule has 2 heterocycles. The molecule has 182 valence electrons. The van der Waals surface area contributed by atoms with Crippen LogP contribution in [0.25, 0.3) is 0 Å². The van der Waals surface area contributed by atoms with E-state index in [1.807, 2.05) is 29.2 Å². The second kappa shape index (κ2) is 13.2. The highest BCUT2D eigenvalue weighted by atomic mass is 35.5. The van der Waals surface area contributed by atoms with Crippen molar-refractivity contribution >= 4 is 40.5 Å². The Hall–Kier alpha value is -1.73. The van der Waals surface area contributed by atoms with Crippen LogP contribution in [-0.4, -0.2) is 51.9 Å². The third-order valence-electron chi connectivity index (χ3n) is 6.32. The summed E-state index contributed by atoms with van der Waals surface area (Å²) >= 11 is 7.73. The van der Waals surface area contributed by atoms with E-state index in [1.54, 1.807) is 18.8 Å². The van der Waals surface area contributed by atoms with Gasteiger partial charge < -0.3 is 9.80 Å². The van der Waals surface area contributed by atoms with E-state index in [4.69, 9.17) is 16.6 Å². The zero-order valence-electron chi connectivity index (χ0n) is 19.9. The van der Waals surface area contributed by atoms with Gasteiger partial charge in [-0.05, 0) is 24.1 Å². The van der Waals surface area contributed by atoms with Crippen molar-refractivity contribution in [2.45, 2.75) is 89.9 Å². The molecule has 0 aliphatic carbocycles. The molecule has 0 radical (unpaired) electrons. The standard InChI is InChI=1S/C25H37ClN4O2S/c1-3-4-5-6-7-8-9-10-11-12-17-33-25-27-22-21(23(31)28-24(32)29(22)2)30(25)18-19-13-15-20(26)16-14-19/h13-16,21-22H,3-12,17-18H2,1-2H3,(H,28,31,32). The number of halogens is 1. The third-order valence-corrected chi connectivity index (χ3v) is 7.66. The summed E-state index contributed by atoms with van der Waals surface area (Å²) in [5.41, 5.74) is 1.06. The van der Waals surface area contributed by atoms with Crippen LogP contribution in [0.1, 0.15) is 76.7 Å². The van der Waals surface area contributed by atoms with E-state index in [0.717, 1.165) is 22.9 Å². The number of hydrogen-bond donors (Lipinski definition) is 1. The molecule has 2 aliphatic rings. The number of fused-ring (bicyclic) bond motifs is 1. The Kier molecular flexibility index (Phi) is 10.4. The van der Waals surface area contributed by atoms with Crippen molar-refractivity contribution < 1.29 is 9.59 Å². The molecule has 0 bridgehead atoms. The summed E-state index contributed by atoms with van der Waals surface area (Å²) in [5, 5.41) is 3.98. The molecule has 2 atom stereocenters. The number of carbonyl (C=O) groups excluding carboxylic acids is 2. The van der Waals surface area contributed by atoms with Gasteiger partial charge in [-0.15, -0.1) is 0 Å². The summed E-state index contributed by atoms with van der Waals surface area (Å²) in [7, 11) is 1.69. The fraction of sp³-hybridized carbons (Fsp3) is 0.640. The van der Waals surface area contributed by atoms with Crippen molar-refractivity contribution in [1.82, 2.24) is 15.1 Å². The topological polar surface area (TPSA) is 65.0 Å². The Balaban J connectivity index is 1.49. The normalized spacial score (nSPS) is 20.2. The van der Waals surface area contributed by atoms with Crippen LogP contribution < -0.4 is 5.32 Å². The highest BCUT2D eigenvalue weighted by molar-refractivity contribution is 8.13. The van der Waals surface area contributed by atoms with Crippen LogP contribution >= 0.6 is 23.4 Å². The lowest BCUT2D eigenvalue weighted by molar-refractivity contribution is -0.127. The number of nitrogens with one attached hydrogen (secondary N) is 1. The van der Waals surface area contributed by atoms with Gasteiger partial charge in [0, 0.05) is 24.4 Å². The van der Waals surface area contributed by atoms with Crippen molar-refractivity contribution in [3.8, 4) is 0 Å². The van der Waals surface area contributed by atoms with Crippen LogP contribution in [-0.2, 0) is 11.3 Å². The number of benzene rings is 1. The largest absolute Gasteiger partial charge is 0.331 e. The Morgan fingerprint density at radius 2 is 1.58 bits per heavy atom. The molecule has 3 amide bonds. The van der Waals surface area contributed by atoms with Crippen LogP contribution in [0, 0.1) is 0 Å². The van der Waals surface area contributed by atoms with Crippen molar-refractivity contribution in [1.29, 1.82) is 0 Å². The van der Waals surface area contributed by atoms with E-state index < -0.39 is 18.2 Å². The van der Waals surface area contributed by atoms with E-state index in [1.165, 1.54) is 62.7 Å². The van der Waals surface area contributed by atoms with Gasteiger partial charge in [-0.2, -0.15) is 0 Å². The number of amidine groups is 1. The van der Waals surface area contributed by atoms with E-state index in [-0.39, 0.29) is 5.91 Å². The molecule has 2 unspecified atom stereocenters. The quantitative estimate of drug-likeness (QED) is 0.341. The summed E-state index contributed by atoms with van der Waals surface area (Å²) < 4.78 is 0. The lowest BCUT2D eigenvalue weighted by Crippen LogP contribution is -2.63. The number of aliphatic imine (C=N–C) groups is 1. The van der Waals surface area contributed by atoms with Crippen molar-refractivity contribution in [2.24, 2.45) is 4.99 Å². The van der Waals surface area contributed by atoms with Gasteiger partial charge in [0.25, 0.3) is 5.91 Å². The summed E-state index contributed by atoms with van der Waals surface area (Å²) in [6.07, 6.45) is 12.6. The molecule has 1 saturated heterocycles. The number of carbonyl (C=O) groups is 2. The summed E-state index contributed by atoms with van der Waals surface area (Å²) in [6, 6.07) is 6.76. The van der Waals surface area contributed by atoms with Gasteiger partial charge in [0.1, 0.15) is 0 Å². The molecule has 0 spiro atoms. The number of unbranched alkanes of at least 4 members (excludes halogenated alkanes) is 9. The van der Waals surface area contributed by atoms with Crippen LogP contribution in [0.3, 0.4) is 0 Å². The van der Waals surface area contributed by atoms with Gasteiger partial charge in [0.05, 0.1) is 0 Å². The number of likely N-dealkylation sites (N-methyl/N-ethyl adjacent to an activating group) is 1. The van der Waals surface area contributed by atoms with Crippen molar-refractivity contribution in [3.05, 3.63) is 34.9 Å². The number of hydrogen-bond acceptors (Lipinski definition) is 5. The highest BCUT2D eigenvalue weighted by Crippen LogP contribution is 2.30. The van der Waals surface area contributed by atoms with Crippen LogP contribution in [0.2, 0.25) is 5.02 Å². The Labute approximate surface area is 207 Å². The maximum Gasteiger partial charge on any atom is 0.325 e. The fourth-order valence-corrected chi connectivity index (χ4v) is 5.51. The molecule has 0 saturated carbocycles. The number of urea groups is 1. The van der Waals surface area contributed by atoms with E-state index in [0.29, 0.717) is 11.6 Å². The smallest absolute Gasteiger partial charge is 0.325 e. The molecule has 2 aliphatic heterocycles. The molecule has 8 heteroatoms. The SMILES string of the molecule is CCCCCCCCCCCCSC1=NC2C(C(=O)NC(=O)N2C)N1Cc1ccc(Cl)cc1. The van der Waals surface area contributed by atoms with Crippen LogP contribution in [0.4, 0.5) is 4.79 Å². The molecule has 1 fully saturated rings. The lowest BCUT2D eigenvalue weighted by atomic mass is 10.1. The molecule has 1 N–H and O–H groups in total. The molecule has 1 aromatic rings. The average molecular weight is 493 g/mol. The van der Waals surface area contributed by atoms with Crippen LogP contribution in [0.15, 0.2) is 29.3 Å². The minimum Gasteiger partial charge on any atom is -0.331 e. The van der Waals surface area contributed by atoms with Crippen molar-refractivity contribution in [2.75, 3.05) is 12.8 Å². The molecule has 1 aromatic carbocycles. The van der Waals surface area contributed by atoms with Gasteiger partial charge in [-0.25, -0.2) is 9.79 Å². The number of amides is 3. The minimum absolute atomic E-state index is 0.282. The zero-order chi connectivity index (χ0) is 23.6. The first-order chi connectivity index (χ1) is 16.0. The fourth-order valence-electron chi connectivity index (χ4n) is 4.33. The Bertz CT molecular complexity index is 817. The molecular weight excluding hydrogens is 456 g/mol. The number of nitrogens with zero attached hydrogens (tertiary/aromatic N) is 3. The van der Waals surface area contributed by atoms with Gasteiger partial charge in [0.2, 0.25) is 0 Å². The van der Waals surface area contributed by atoms with Gasteiger partial charge in [0.15, 0.2) is 17.4 Å². The summed E-state index contributed by atoms with van der Waals surface area (Å²) in [4.78, 5) is 33.1. The Morgan fingerprint density at radius 1 is 0.970 bits per heavy atom. The number of imide groups is 1. The minimum atomic E-state index is -0.501. The average Bonchev–Trinajstić information content (AvgIpc) is 3.16. The number of thioether (sulfide) groups is 1. The molecular formula is C25H37ClN4O2S. The first-order valence-corrected chi connectivity index (χ1v) is 13.7. The van der Waals surface area contributed by atoms with Crippen molar-refractivity contribution in [3.63, 3.8) is 0 Å².